The maximum absolute atomic E-state index is 13.7. The summed E-state index contributed by atoms with van der Waals surface area (Å²) in [4.78, 5) is 14.1. The van der Waals surface area contributed by atoms with Gasteiger partial charge in [0.15, 0.2) is 0 Å². The van der Waals surface area contributed by atoms with Crippen LogP contribution in [-0.2, 0) is 17.6 Å². The third-order valence-electron chi connectivity index (χ3n) is 3.08. The van der Waals surface area contributed by atoms with Crippen LogP contribution < -0.4 is 4.84 Å². The first-order valence-corrected chi connectivity index (χ1v) is 5.79. The number of hydrogen-bond acceptors (Lipinski definition) is 3. The van der Waals surface area contributed by atoms with Gasteiger partial charge in [-0.1, -0.05) is 0 Å². The largest absolute Gasteiger partial charge is 0.465 e. The summed E-state index contributed by atoms with van der Waals surface area (Å²) in [6, 6.07) is 3.16. The lowest BCUT2D eigenvalue weighted by Crippen LogP contribution is -2.28. The molecule has 0 saturated heterocycles. The van der Waals surface area contributed by atoms with Crippen molar-refractivity contribution in [2.45, 2.75) is 25.3 Å². The van der Waals surface area contributed by atoms with Gasteiger partial charge < -0.3 is 4.74 Å². The van der Waals surface area contributed by atoms with Gasteiger partial charge >= 0.3 is 5.97 Å². The lowest BCUT2D eigenvalue weighted by molar-refractivity contribution is 0.0595. The summed E-state index contributed by atoms with van der Waals surface area (Å²) in [5.74, 6) is -1.17. The highest BCUT2D eigenvalue weighted by Gasteiger charge is 2.22. The zero-order valence-corrected chi connectivity index (χ0v) is 10.2. The summed E-state index contributed by atoms with van der Waals surface area (Å²) in [5.41, 5.74) is 1.89. The van der Waals surface area contributed by atoms with Gasteiger partial charge in [0, 0.05) is 6.04 Å². The van der Waals surface area contributed by atoms with Crippen molar-refractivity contribution in [2.24, 2.45) is 0 Å². The predicted molar refractivity (Wildman–Crippen MR) is 62.5 cm³/mol. The number of fused-ring (bicyclic) bond motifs is 1. The van der Waals surface area contributed by atoms with Crippen LogP contribution in [0.4, 0.5) is 4.39 Å². The molecule has 0 bridgehead atoms. The number of rotatable bonds is 2. The van der Waals surface area contributed by atoms with E-state index in [4.69, 9.17) is 11.8 Å². The van der Waals surface area contributed by atoms with Crippen LogP contribution in [0.2, 0.25) is 0 Å². The standard InChI is InChI=1S/C12H13ClFNO2/c1-17-12(16)10-5-8-4-9(15-13)3-2-7(8)6-11(10)14/h5-6,9,15H,2-4H2,1H3. The van der Waals surface area contributed by atoms with Crippen LogP contribution in [-0.4, -0.2) is 19.1 Å². The Morgan fingerprint density at radius 1 is 1.53 bits per heavy atom. The first-order valence-electron chi connectivity index (χ1n) is 5.41. The van der Waals surface area contributed by atoms with E-state index in [9.17, 15) is 9.18 Å². The Kier molecular flexibility index (Phi) is 3.64. The van der Waals surface area contributed by atoms with Crippen LogP contribution >= 0.6 is 11.8 Å². The van der Waals surface area contributed by atoms with Crippen LogP contribution in [0.15, 0.2) is 12.1 Å². The second-order valence-corrected chi connectivity index (χ2v) is 4.36. The molecular formula is C12H13ClFNO2. The number of ether oxygens (including phenoxy) is 1. The predicted octanol–water partition coefficient (Wildman–Crippen LogP) is 2.21. The molecule has 0 heterocycles. The summed E-state index contributed by atoms with van der Waals surface area (Å²) in [7, 11) is 1.24. The fraction of sp³-hybridized carbons (Fsp3) is 0.417. The van der Waals surface area contributed by atoms with E-state index in [-0.39, 0.29) is 11.6 Å². The van der Waals surface area contributed by atoms with E-state index in [1.165, 1.54) is 13.2 Å². The number of benzene rings is 1. The molecule has 0 amide bonds. The molecular weight excluding hydrogens is 245 g/mol. The van der Waals surface area contributed by atoms with Gasteiger partial charge in [-0.2, -0.15) is 0 Å². The number of carbonyl (C=O) groups excluding carboxylic acids is 1. The molecule has 0 saturated carbocycles. The zero-order valence-electron chi connectivity index (χ0n) is 9.43. The zero-order chi connectivity index (χ0) is 12.4. The van der Waals surface area contributed by atoms with Crippen molar-refractivity contribution in [2.75, 3.05) is 7.11 Å². The van der Waals surface area contributed by atoms with Crippen molar-refractivity contribution < 1.29 is 13.9 Å². The normalized spacial score (nSPS) is 18.6. The number of hydrogen-bond donors (Lipinski definition) is 1. The monoisotopic (exact) mass is 257 g/mol. The van der Waals surface area contributed by atoms with Gasteiger partial charge in [-0.25, -0.2) is 14.0 Å². The minimum atomic E-state index is -0.647. The maximum atomic E-state index is 13.7. The third-order valence-corrected chi connectivity index (χ3v) is 3.39. The van der Waals surface area contributed by atoms with Crippen LogP contribution in [0.1, 0.15) is 27.9 Å². The Morgan fingerprint density at radius 2 is 2.29 bits per heavy atom. The minimum Gasteiger partial charge on any atom is -0.465 e. The molecule has 2 rings (SSSR count). The minimum absolute atomic E-state index is 0.0125. The Morgan fingerprint density at radius 3 is 2.94 bits per heavy atom. The molecule has 1 aromatic rings. The quantitative estimate of drug-likeness (QED) is 0.652. The van der Waals surface area contributed by atoms with Crippen LogP contribution in [0.5, 0.6) is 0 Å². The molecule has 0 spiro atoms. The van der Waals surface area contributed by atoms with Gasteiger partial charge in [0.2, 0.25) is 0 Å². The van der Waals surface area contributed by atoms with Crippen molar-refractivity contribution in [3.8, 4) is 0 Å². The average molecular weight is 258 g/mol. The Hall–Kier alpha value is -1.13. The van der Waals surface area contributed by atoms with Gasteiger partial charge in [0.05, 0.1) is 12.7 Å². The van der Waals surface area contributed by atoms with E-state index in [1.807, 2.05) is 0 Å². The SMILES string of the molecule is COC(=O)c1cc2c(cc1F)CCC(NCl)C2. The van der Waals surface area contributed by atoms with Gasteiger partial charge in [0.25, 0.3) is 0 Å². The first kappa shape index (κ1) is 12.3. The van der Waals surface area contributed by atoms with Crippen LogP contribution in [0.3, 0.4) is 0 Å². The molecule has 3 nitrogen and oxygen atoms in total. The highest BCUT2D eigenvalue weighted by atomic mass is 35.5. The summed E-state index contributed by atoms with van der Waals surface area (Å²) in [5, 5.41) is 0. The van der Waals surface area contributed by atoms with Crippen LogP contribution in [0.25, 0.3) is 0 Å². The molecule has 0 aromatic heterocycles. The molecule has 1 aliphatic carbocycles. The third kappa shape index (κ3) is 2.42. The summed E-state index contributed by atoms with van der Waals surface area (Å²) in [6.07, 6.45) is 2.33. The number of esters is 1. The molecule has 0 fully saturated rings. The number of halogens is 2. The van der Waals surface area contributed by atoms with E-state index < -0.39 is 11.8 Å². The van der Waals surface area contributed by atoms with Crippen molar-refractivity contribution in [3.05, 3.63) is 34.6 Å². The second-order valence-electron chi connectivity index (χ2n) is 4.14. The van der Waals surface area contributed by atoms with Crippen molar-refractivity contribution in [3.63, 3.8) is 0 Å². The Labute approximate surface area is 104 Å². The van der Waals surface area contributed by atoms with Crippen molar-refractivity contribution >= 4 is 17.7 Å². The lowest BCUT2D eigenvalue weighted by atomic mass is 9.87. The van der Waals surface area contributed by atoms with Crippen molar-refractivity contribution in [1.29, 1.82) is 0 Å². The fourth-order valence-electron chi connectivity index (χ4n) is 2.14. The topological polar surface area (TPSA) is 38.3 Å². The van der Waals surface area contributed by atoms with E-state index >= 15 is 0 Å². The number of methoxy groups -OCH3 is 1. The Balaban J connectivity index is 2.37. The molecule has 0 radical (unpaired) electrons. The number of carbonyl (C=O) groups is 1. The van der Waals surface area contributed by atoms with Crippen molar-refractivity contribution in [1.82, 2.24) is 4.84 Å². The molecule has 1 N–H and O–H groups in total. The Bertz CT molecular complexity index is 450. The highest BCUT2D eigenvalue weighted by molar-refractivity contribution is 6.13. The number of nitrogens with one attached hydrogen (secondary N) is 1. The van der Waals surface area contributed by atoms with E-state index in [1.54, 1.807) is 6.07 Å². The first-order chi connectivity index (χ1) is 8.15. The summed E-state index contributed by atoms with van der Waals surface area (Å²) < 4.78 is 18.2. The number of aryl methyl sites for hydroxylation is 1. The molecule has 17 heavy (non-hydrogen) atoms. The molecule has 0 aliphatic heterocycles. The van der Waals surface area contributed by atoms with Gasteiger partial charge in [-0.05, 0) is 54.3 Å². The average Bonchev–Trinajstić information content (AvgIpc) is 2.36. The smallest absolute Gasteiger partial charge is 0.340 e. The molecule has 92 valence electrons. The highest BCUT2D eigenvalue weighted by Crippen LogP contribution is 2.25. The van der Waals surface area contributed by atoms with E-state index in [0.717, 1.165) is 24.0 Å². The van der Waals surface area contributed by atoms with E-state index in [0.29, 0.717) is 6.42 Å². The molecule has 1 unspecified atom stereocenters. The van der Waals surface area contributed by atoms with Gasteiger partial charge in [-0.15, -0.1) is 0 Å². The van der Waals surface area contributed by atoms with Gasteiger partial charge in [-0.3, -0.25) is 0 Å². The van der Waals surface area contributed by atoms with Gasteiger partial charge in [0.1, 0.15) is 5.82 Å². The summed E-state index contributed by atoms with van der Waals surface area (Å²) >= 11 is 5.59. The molecule has 1 atom stereocenters. The van der Waals surface area contributed by atoms with E-state index in [2.05, 4.69) is 9.57 Å². The maximum Gasteiger partial charge on any atom is 0.340 e. The molecule has 1 aliphatic rings. The lowest BCUT2D eigenvalue weighted by Gasteiger charge is -2.23. The fourth-order valence-corrected chi connectivity index (χ4v) is 2.33. The second kappa shape index (κ2) is 5.02. The molecule has 1 aromatic carbocycles. The molecule has 5 heteroatoms. The van der Waals surface area contributed by atoms with Crippen LogP contribution in [0, 0.1) is 5.82 Å². The summed E-state index contributed by atoms with van der Waals surface area (Å²) in [6.45, 7) is 0.